The summed E-state index contributed by atoms with van der Waals surface area (Å²) in [5, 5.41) is 1.56. The zero-order valence-electron chi connectivity index (χ0n) is 12.7. The molecule has 0 saturated carbocycles. The van der Waals surface area contributed by atoms with Gasteiger partial charge in [0.05, 0.1) is 11.1 Å². The Labute approximate surface area is 152 Å². The topological polar surface area (TPSA) is 34.9 Å². The van der Waals surface area contributed by atoms with Gasteiger partial charge < -0.3 is 0 Å². The molecule has 2 heterocycles. The molecule has 0 aliphatic heterocycles. The van der Waals surface area contributed by atoms with Crippen molar-refractivity contribution < 1.29 is 0 Å². The zero-order chi connectivity index (χ0) is 16.5. The van der Waals surface area contributed by atoms with Crippen LogP contribution >= 0.6 is 22.6 Å². The fourth-order valence-corrected chi connectivity index (χ4v) is 3.86. The van der Waals surface area contributed by atoms with Gasteiger partial charge in [-0.1, -0.05) is 48.5 Å². The lowest BCUT2D eigenvalue weighted by molar-refractivity contribution is 1.01. The van der Waals surface area contributed by atoms with Crippen LogP contribution in [0.15, 0.2) is 83.9 Å². The van der Waals surface area contributed by atoms with Gasteiger partial charge in [0.2, 0.25) is 0 Å². The van der Waals surface area contributed by atoms with Gasteiger partial charge in [0.15, 0.2) is 0 Å². The van der Waals surface area contributed by atoms with Crippen molar-refractivity contribution in [3.8, 4) is 16.9 Å². The minimum absolute atomic E-state index is 0.0298. The highest BCUT2D eigenvalue weighted by Crippen LogP contribution is 2.31. The third kappa shape index (κ3) is 2.43. The predicted octanol–water partition coefficient (Wildman–Crippen LogP) is 4.66. The summed E-state index contributed by atoms with van der Waals surface area (Å²) in [6.07, 6.45) is 3.43. The number of para-hydroxylation sites is 1. The van der Waals surface area contributed by atoms with E-state index in [0.29, 0.717) is 5.39 Å². The Bertz CT molecular complexity index is 1070. The van der Waals surface area contributed by atoms with Crippen molar-refractivity contribution in [2.75, 3.05) is 0 Å². The predicted molar refractivity (Wildman–Crippen MR) is 105 cm³/mol. The highest BCUT2D eigenvalue weighted by molar-refractivity contribution is 14.1. The molecule has 0 aliphatic rings. The quantitative estimate of drug-likeness (QED) is 0.439. The Hall–Kier alpha value is -2.47. The summed E-state index contributed by atoms with van der Waals surface area (Å²) in [7, 11) is 0. The van der Waals surface area contributed by atoms with Gasteiger partial charge in [0.1, 0.15) is 0 Å². The minimum Gasteiger partial charge on any atom is -0.275 e. The van der Waals surface area contributed by atoms with Crippen LogP contribution in [0, 0.1) is 3.57 Å². The van der Waals surface area contributed by atoms with Crippen LogP contribution in [0.25, 0.3) is 27.7 Å². The first-order chi connectivity index (χ1) is 11.8. The first-order valence-corrected chi connectivity index (χ1v) is 8.64. The second-order valence-corrected chi connectivity index (χ2v) is 6.50. The van der Waals surface area contributed by atoms with Crippen molar-refractivity contribution >= 4 is 33.4 Å². The summed E-state index contributed by atoms with van der Waals surface area (Å²) < 4.78 is 2.81. The molecule has 0 aliphatic carbocycles. The smallest absolute Gasteiger partial charge is 0.263 e. The zero-order valence-corrected chi connectivity index (χ0v) is 14.8. The number of fused-ring (bicyclic) bond motifs is 1. The molecular formula is C20H13IN2O. The molecule has 0 N–H and O–H groups in total. The summed E-state index contributed by atoms with van der Waals surface area (Å²) >= 11 is 2.31. The number of nitrogens with zero attached hydrogens (tertiary/aromatic N) is 2. The Morgan fingerprint density at radius 3 is 2.21 bits per heavy atom. The van der Waals surface area contributed by atoms with Gasteiger partial charge in [-0.05, 0) is 46.4 Å². The third-order valence-corrected chi connectivity index (χ3v) is 5.08. The van der Waals surface area contributed by atoms with Crippen LogP contribution in [-0.2, 0) is 0 Å². The third-order valence-electron chi connectivity index (χ3n) is 3.98. The number of pyridine rings is 2. The average molecular weight is 424 g/mol. The number of halogens is 1. The van der Waals surface area contributed by atoms with E-state index in [1.165, 1.54) is 0 Å². The monoisotopic (exact) mass is 424 g/mol. The lowest BCUT2D eigenvalue weighted by Crippen LogP contribution is -2.22. The van der Waals surface area contributed by atoms with Crippen molar-refractivity contribution in [3.63, 3.8) is 0 Å². The lowest BCUT2D eigenvalue weighted by Gasteiger charge is -2.17. The van der Waals surface area contributed by atoms with Gasteiger partial charge in [0, 0.05) is 27.0 Å². The molecule has 0 atom stereocenters. The van der Waals surface area contributed by atoms with E-state index in [-0.39, 0.29) is 5.56 Å². The fourth-order valence-electron chi connectivity index (χ4n) is 2.88. The van der Waals surface area contributed by atoms with Crippen LogP contribution in [0.4, 0.5) is 0 Å². The van der Waals surface area contributed by atoms with Crippen LogP contribution in [0.3, 0.4) is 0 Å². The molecule has 0 spiro atoms. The number of rotatable bonds is 2. The van der Waals surface area contributed by atoms with Gasteiger partial charge in [-0.2, -0.15) is 0 Å². The maximum Gasteiger partial charge on any atom is 0.263 e. The van der Waals surface area contributed by atoms with E-state index in [0.717, 1.165) is 25.9 Å². The minimum atomic E-state index is -0.0298. The first-order valence-electron chi connectivity index (χ1n) is 7.56. The fraction of sp³-hybridized carbons (Fsp3) is 0. The van der Waals surface area contributed by atoms with E-state index >= 15 is 0 Å². The number of hydrogen-bond donors (Lipinski definition) is 0. The molecule has 2 aromatic heterocycles. The summed E-state index contributed by atoms with van der Waals surface area (Å²) in [6.45, 7) is 0. The van der Waals surface area contributed by atoms with Gasteiger partial charge in [-0.25, -0.2) is 0 Å². The molecule has 0 unspecified atom stereocenters. The molecular weight excluding hydrogens is 411 g/mol. The molecule has 116 valence electrons. The molecule has 0 amide bonds. The molecule has 0 radical (unpaired) electrons. The molecule has 24 heavy (non-hydrogen) atoms. The van der Waals surface area contributed by atoms with Crippen molar-refractivity contribution in [1.82, 2.24) is 9.55 Å². The largest absolute Gasteiger partial charge is 0.275 e. The molecule has 4 aromatic rings. The van der Waals surface area contributed by atoms with Gasteiger partial charge >= 0.3 is 0 Å². The SMILES string of the molecule is O=c1c2ccncc2c(I)c(-c2ccccc2)n1-c1ccccc1. The molecule has 0 bridgehead atoms. The summed E-state index contributed by atoms with van der Waals surface area (Å²) in [6, 6.07) is 21.5. The van der Waals surface area contributed by atoms with E-state index in [1.54, 1.807) is 23.0 Å². The van der Waals surface area contributed by atoms with E-state index in [9.17, 15) is 4.79 Å². The lowest BCUT2D eigenvalue weighted by atomic mass is 10.1. The van der Waals surface area contributed by atoms with Crippen LogP contribution in [0.5, 0.6) is 0 Å². The van der Waals surface area contributed by atoms with Crippen molar-refractivity contribution in [2.24, 2.45) is 0 Å². The second kappa shape index (κ2) is 6.20. The Morgan fingerprint density at radius 1 is 0.833 bits per heavy atom. The maximum atomic E-state index is 13.2. The molecule has 4 heteroatoms. The number of hydrogen-bond acceptors (Lipinski definition) is 2. The highest BCUT2D eigenvalue weighted by atomic mass is 127. The van der Waals surface area contributed by atoms with E-state index in [2.05, 4.69) is 27.6 Å². The van der Waals surface area contributed by atoms with Crippen molar-refractivity contribution in [1.29, 1.82) is 0 Å². The molecule has 2 aromatic carbocycles. The molecule has 0 saturated heterocycles. The van der Waals surface area contributed by atoms with Crippen molar-refractivity contribution in [3.05, 3.63) is 93.0 Å². The average Bonchev–Trinajstić information content (AvgIpc) is 2.66. The first kappa shape index (κ1) is 15.1. The summed E-state index contributed by atoms with van der Waals surface area (Å²) in [5.41, 5.74) is 2.73. The van der Waals surface area contributed by atoms with Crippen molar-refractivity contribution in [2.45, 2.75) is 0 Å². The molecule has 0 fully saturated rings. The van der Waals surface area contributed by atoms with Crippen LogP contribution in [-0.4, -0.2) is 9.55 Å². The van der Waals surface area contributed by atoms with Gasteiger partial charge in [0.25, 0.3) is 5.56 Å². The van der Waals surface area contributed by atoms with Gasteiger partial charge in [-0.15, -0.1) is 0 Å². The Balaban J connectivity index is 2.21. The highest BCUT2D eigenvalue weighted by Gasteiger charge is 2.17. The maximum absolute atomic E-state index is 13.2. The number of benzene rings is 2. The summed E-state index contributed by atoms with van der Waals surface area (Å²) in [5.74, 6) is 0. The second-order valence-electron chi connectivity index (χ2n) is 5.43. The number of aromatic nitrogens is 2. The molecule has 4 rings (SSSR count). The van der Waals surface area contributed by atoms with E-state index in [4.69, 9.17) is 0 Å². The Morgan fingerprint density at radius 2 is 1.50 bits per heavy atom. The van der Waals surface area contributed by atoms with Crippen LogP contribution in [0.2, 0.25) is 0 Å². The van der Waals surface area contributed by atoms with Crippen LogP contribution in [0.1, 0.15) is 0 Å². The van der Waals surface area contributed by atoms with Crippen LogP contribution < -0.4 is 5.56 Å². The molecule has 3 nitrogen and oxygen atoms in total. The van der Waals surface area contributed by atoms with E-state index < -0.39 is 0 Å². The van der Waals surface area contributed by atoms with Gasteiger partial charge in [-0.3, -0.25) is 14.3 Å². The Kier molecular flexibility index (Phi) is 3.90. The summed E-state index contributed by atoms with van der Waals surface area (Å²) in [4.78, 5) is 17.4. The normalized spacial score (nSPS) is 10.9. The standard InChI is InChI=1S/C20H13IN2O/c21-18-17-13-22-12-11-16(17)20(24)23(15-9-5-2-6-10-15)19(18)14-7-3-1-4-8-14/h1-13H. The van der Waals surface area contributed by atoms with E-state index in [1.807, 2.05) is 60.7 Å².